The largest absolute Gasteiger partial charge is 0.338 e. The molecule has 25 heavy (non-hydrogen) atoms. The molecule has 1 aromatic carbocycles. The molecule has 0 N–H and O–H groups in total. The van der Waals surface area contributed by atoms with Crippen LogP contribution in [0.25, 0.3) is 10.4 Å². The van der Waals surface area contributed by atoms with Crippen LogP contribution in [-0.4, -0.2) is 32.3 Å². The Morgan fingerprint density at radius 3 is 2.72 bits per heavy atom. The predicted octanol–water partition coefficient (Wildman–Crippen LogP) is 4.62. The second-order valence-corrected chi connectivity index (χ2v) is 9.55. The van der Waals surface area contributed by atoms with Crippen molar-refractivity contribution in [1.29, 1.82) is 0 Å². The average Bonchev–Trinajstić information content (AvgIpc) is 2.98. The summed E-state index contributed by atoms with van der Waals surface area (Å²) in [5.41, 5.74) is 1.35. The van der Waals surface area contributed by atoms with Gasteiger partial charge in [0.25, 0.3) is 5.91 Å². The van der Waals surface area contributed by atoms with Crippen LogP contribution in [0.15, 0.2) is 29.2 Å². The molecule has 2 aromatic rings. The second-order valence-electron chi connectivity index (χ2n) is 6.10. The molecule has 1 aromatic heterocycles. The Morgan fingerprint density at radius 2 is 2.04 bits per heavy atom. The van der Waals surface area contributed by atoms with Crippen molar-refractivity contribution in [3.8, 4) is 10.4 Å². The van der Waals surface area contributed by atoms with Gasteiger partial charge in [0, 0.05) is 28.6 Å². The Labute approximate surface area is 157 Å². The molecule has 134 valence electrons. The fourth-order valence-corrected chi connectivity index (χ4v) is 6.19. The van der Waals surface area contributed by atoms with E-state index in [9.17, 15) is 13.2 Å². The first-order valence-electron chi connectivity index (χ1n) is 8.32. The molecule has 1 aliphatic heterocycles. The molecule has 0 unspecified atom stereocenters. The van der Waals surface area contributed by atoms with Gasteiger partial charge in [-0.1, -0.05) is 31.0 Å². The van der Waals surface area contributed by atoms with Crippen LogP contribution in [0.4, 0.5) is 0 Å². The number of hydrogen-bond acceptors (Lipinski definition) is 4. The molecule has 7 heteroatoms. The summed E-state index contributed by atoms with van der Waals surface area (Å²) in [6, 6.07) is 6.65. The smallest absolute Gasteiger partial charge is 0.263 e. The summed E-state index contributed by atoms with van der Waals surface area (Å²) in [5, 5.41) is 0.398. The molecular weight excluding hydrogens is 378 g/mol. The monoisotopic (exact) mass is 397 g/mol. The van der Waals surface area contributed by atoms with Crippen molar-refractivity contribution in [3.63, 3.8) is 0 Å². The molecule has 0 atom stereocenters. The summed E-state index contributed by atoms with van der Waals surface area (Å²) >= 11 is 7.34. The first-order valence-corrected chi connectivity index (χ1v) is 11.2. The van der Waals surface area contributed by atoms with E-state index in [-0.39, 0.29) is 16.6 Å². The van der Waals surface area contributed by atoms with Crippen molar-refractivity contribution in [2.24, 2.45) is 0 Å². The second kappa shape index (κ2) is 7.09. The van der Waals surface area contributed by atoms with Gasteiger partial charge in [0.2, 0.25) is 0 Å². The van der Waals surface area contributed by atoms with Gasteiger partial charge in [0.05, 0.1) is 15.5 Å². The molecule has 0 bridgehead atoms. The predicted molar refractivity (Wildman–Crippen MR) is 102 cm³/mol. The summed E-state index contributed by atoms with van der Waals surface area (Å²) in [5.74, 6) is -0.108. The maximum Gasteiger partial charge on any atom is 0.263 e. The molecule has 1 aliphatic rings. The fourth-order valence-electron chi connectivity index (χ4n) is 3.00. The number of thiophene rings is 1. The quantitative estimate of drug-likeness (QED) is 0.739. The Bertz CT molecular complexity index is 918. The number of fused-ring (bicyclic) bond motifs is 3. The van der Waals surface area contributed by atoms with Gasteiger partial charge in [-0.3, -0.25) is 4.79 Å². The minimum atomic E-state index is -3.43. The number of halogens is 1. The van der Waals surface area contributed by atoms with Crippen LogP contribution in [-0.2, 0) is 15.6 Å². The van der Waals surface area contributed by atoms with Crippen molar-refractivity contribution in [2.45, 2.75) is 37.3 Å². The lowest BCUT2D eigenvalue weighted by atomic mass is 10.1. The van der Waals surface area contributed by atoms with E-state index < -0.39 is 9.84 Å². The van der Waals surface area contributed by atoms with E-state index in [0.717, 1.165) is 24.3 Å². The maximum atomic E-state index is 12.8. The van der Waals surface area contributed by atoms with Gasteiger partial charge in [0.15, 0.2) is 9.84 Å². The van der Waals surface area contributed by atoms with Crippen molar-refractivity contribution < 1.29 is 13.2 Å². The normalized spacial score (nSPS) is 14.7. The molecule has 0 radical (unpaired) electrons. The Hall–Kier alpha value is -1.37. The lowest BCUT2D eigenvalue weighted by Crippen LogP contribution is -2.31. The number of rotatable bonds is 5. The molecule has 0 aliphatic carbocycles. The van der Waals surface area contributed by atoms with Gasteiger partial charge in [-0.05, 0) is 37.1 Å². The number of carbonyl (C=O) groups is 1. The highest BCUT2D eigenvalue weighted by Gasteiger charge is 2.31. The van der Waals surface area contributed by atoms with Crippen molar-refractivity contribution in [2.75, 3.05) is 13.1 Å². The maximum absolute atomic E-state index is 12.8. The van der Waals surface area contributed by atoms with E-state index in [4.69, 9.17) is 11.6 Å². The van der Waals surface area contributed by atoms with Crippen LogP contribution in [0.5, 0.6) is 0 Å². The fraction of sp³-hybridized carbons (Fsp3) is 0.389. The summed E-state index contributed by atoms with van der Waals surface area (Å²) in [6.07, 6.45) is 1.98. The molecule has 0 fully saturated rings. The van der Waals surface area contributed by atoms with Crippen LogP contribution >= 0.6 is 22.9 Å². The molecule has 1 amide bonds. The zero-order valence-electron chi connectivity index (χ0n) is 14.2. The molecule has 0 saturated heterocycles. The molecular formula is C18H20ClNO3S2. The number of benzene rings is 1. The van der Waals surface area contributed by atoms with Gasteiger partial charge >= 0.3 is 0 Å². The van der Waals surface area contributed by atoms with Gasteiger partial charge in [-0.25, -0.2) is 8.42 Å². The topological polar surface area (TPSA) is 54.5 Å². The van der Waals surface area contributed by atoms with E-state index in [2.05, 4.69) is 6.92 Å². The van der Waals surface area contributed by atoms with Crippen molar-refractivity contribution in [1.82, 2.24) is 4.90 Å². The van der Waals surface area contributed by atoms with Crippen molar-refractivity contribution in [3.05, 3.63) is 39.7 Å². The molecule has 4 nitrogen and oxygen atoms in total. The van der Waals surface area contributed by atoms with E-state index in [0.29, 0.717) is 27.6 Å². The summed E-state index contributed by atoms with van der Waals surface area (Å²) in [6.45, 7) is 5.42. The third-order valence-corrected chi connectivity index (χ3v) is 7.47. The van der Waals surface area contributed by atoms with Gasteiger partial charge in [-0.15, -0.1) is 11.3 Å². The Kier molecular flexibility index (Phi) is 5.23. The SMILES string of the molecule is CCCCN(CC)C(=O)c1cc2c(s1)-c1ccc(Cl)cc1S(=O)(=O)C2. The third-order valence-electron chi connectivity index (χ3n) is 4.34. The van der Waals surface area contributed by atoms with Crippen LogP contribution in [0.2, 0.25) is 5.02 Å². The first-order chi connectivity index (χ1) is 11.9. The van der Waals surface area contributed by atoms with Gasteiger partial charge in [0.1, 0.15) is 0 Å². The average molecular weight is 398 g/mol. The third kappa shape index (κ3) is 3.48. The zero-order chi connectivity index (χ0) is 18.2. The van der Waals surface area contributed by atoms with Crippen molar-refractivity contribution >= 4 is 38.7 Å². The van der Waals surface area contributed by atoms with E-state index in [1.54, 1.807) is 18.2 Å². The molecule has 2 heterocycles. The highest BCUT2D eigenvalue weighted by atomic mass is 35.5. The lowest BCUT2D eigenvalue weighted by Gasteiger charge is -2.19. The minimum absolute atomic E-state index is 0.0248. The number of unbranched alkanes of at least 4 members (excludes halogenated alkanes) is 1. The van der Waals surface area contributed by atoms with E-state index >= 15 is 0 Å². The molecule has 0 spiro atoms. The number of amides is 1. The first kappa shape index (κ1) is 18.4. The highest BCUT2D eigenvalue weighted by Crippen LogP contribution is 2.43. The van der Waals surface area contributed by atoms with Crippen LogP contribution in [0.1, 0.15) is 41.9 Å². The summed E-state index contributed by atoms with van der Waals surface area (Å²) in [4.78, 5) is 16.3. The zero-order valence-corrected chi connectivity index (χ0v) is 16.6. The van der Waals surface area contributed by atoms with E-state index in [1.807, 2.05) is 11.8 Å². The van der Waals surface area contributed by atoms with Gasteiger partial charge < -0.3 is 4.90 Å². The highest BCUT2D eigenvalue weighted by molar-refractivity contribution is 7.91. The number of carbonyl (C=O) groups excluding carboxylic acids is 1. The standard InChI is InChI=1S/C18H20ClNO3S2/c1-3-5-8-20(4-2)18(21)15-9-12-11-25(22,23)16-10-13(19)6-7-14(16)17(12)24-15/h6-7,9-10H,3-5,8,11H2,1-2H3. The minimum Gasteiger partial charge on any atom is -0.338 e. The number of hydrogen-bond donors (Lipinski definition) is 0. The summed E-state index contributed by atoms with van der Waals surface area (Å²) in [7, 11) is -3.43. The van der Waals surface area contributed by atoms with Crippen LogP contribution in [0, 0.1) is 0 Å². The molecule has 3 rings (SSSR count). The number of nitrogens with zero attached hydrogens (tertiary/aromatic N) is 1. The Morgan fingerprint density at radius 1 is 1.28 bits per heavy atom. The van der Waals surface area contributed by atoms with E-state index in [1.165, 1.54) is 17.4 Å². The van der Waals surface area contributed by atoms with Crippen LogP contribution in [0.3, 0.4) is 0 Å². The number of sulfone groups is 1. The lowest BCUT2D eigenvalue weighted by molar-refractivity contribution is 0.0767. The van der Waals surface area contributed by atoms with Crippen LogP contribution < -0.4 is 0 Å². The van der Waals surface area contributed by atoms with Gasteiger partial charge in [-0.2, -0.15) is 0 Å². The Balaban J connectivity index is 2.02. The summed E-state index contributed by atoms with van der Waals surface area (Å²) < 4.78 is 25.1. The molecule has 0 saturated carbocycles.